The number of fused-ring (bicyclic) bond motifs is 1. The van der Waals surface area contributed by atoms with Crippen molar-refractivity contribution in [2.45, 2.75) is 38.3 Å². The van der Waals surface area contributed by atoms with Crippen LogP contribution in [0.4, 0.5) is 14.9 Å². The van der Waals surface area contributed by atoms with Crippen LogP contribution in [-0.4, -0.2) is 64.7 Å². The first kappa shape index (κ1) is 25.6. The molecule has 4 aromatic rings. The molecule has 14 heteroatoms. The van der Waals surface area contributed by atoms with E-state index in [1.54, 1.807) is 42.5 Å². The zero-order valence-corrected chi connectivity index (χ0v) is 22.0. The van der Waals surface area contributed by atoms with Gasteiger partial charge in [0.15, 0.2) is 5.82 Å². The van der Waals surface area contributed by atoms with E-state index in [1.165, 1.54) is 23.2 Å². The maximum absolute atomic E-state index is 15.3. The number of benzene rings is 1. The van der Waals surface area contributed by atoms with Crippen LogP contribution in [0.3, 0.4) is 0 Å². The molecule has 0 aliphatic carbocycles. The smallest absolute Gasteiger partial charge is 0.411 e. The Balaban J connectivity index is 1.29. The van der Waals surface area contributed by atoms with Gasteiger partial charge in [-0.05, 0) is 60.4 Å². The summed E-state index contributed by atoms with van der Waals surface area (Å²) in [7, 11) is 0. The number of H-pyrrole nitrogens is 1. The van der Waals surface area contributed by atoms with E-state index < -0.39 is 11.9 Å². The number of imidazole rings is 1. The number of carbonyl (C=O) groups excluding carboxylic acids is 2. The topological polar surface area (TPSA) is 144 Å². The number of anilines is 1. The lowest BCUT2D eigenvalue weighted by Gasteiger charge is -2.33. The first-order chi connectivity index (χ1) is 19.4. The van der Waals surface area contributed by atoms with Gasteiger partial charge in [-0.15, -0.1) is 5.10 Å². The number of amides is 2. The second-order valence-corrected chi connectivity index (χ2v) is 9.73. The molecule has 0 radical (unpaired) electrons. The number of nitrogens with zero attached hydrogens (tertiary/aromatic N) is 7. The fraction of sp³-hybridized carbons (Fsp3) is 0.269. The van der Waals surface area contributed by atoms with Gasteiger partial charge in [0, 0.05) is 35.6 Å². The fourth-order valence-corrected chi connectivity index (χ4v) is 5.50. The number of tetrazole rings is 1. The highest BCUT2D eigenvalue weighted by Gasteiger charge is 2.42. The van der Waals surface area contributed by atoms with Gasteiger partial charge in [-0.2, -0.15) is 4.68 Å². The van der Waals surface area contributed by atoms with Crippen LogP contribution in [0.25, 0.3) is 22.5 Å². The van der Waals surface area contributed by atoms with Crippen molar-refractivity contribution >= 4 is 34.9 Å². The Hall–Kier alpha value is -4.65. The van der Waals surface area contributed by atoms with Gasteiger partial charge in [-0.1, -0.05) is 11.6 Å². The second kappa shape index (κ2) is 10.5. The minimum Gasteiger partial charge on any atom is -0.450 e. The van der Waals surface area contributed by atoms with Crippen molar-refractivity contribution in [1.29, 1.82) is 0 Å². The molecule has 0 spiro atoms. The fourth-order valence-electron chi connectivity index (χ4n) is 5.34. The minimum atomic E-state index is -0.629. The van der Waals surface area contributed by atoms with Crippen molar-refractivity contribution in [3.63, 3.8) is 0 Å². The van der Waals surface area contributed by atoms with E-state index in [9.17, 15) is 9.59 Å². The van der Waals surface area contributed by atoms with Crippen LogP contribution in [0.15, 0.2) is 49.2 Å². The molecule has 12 nitrogen and oxygen atoms in total. The van der Waals surface area contributed by atoms with Crippen molar-refractivity contribution in [1.82, 2.24) is 40.1 Å². The Labute approximate surface area is 232 Å². The third-order valence-corrected chi connectivity index (χ3v) is 7.33. The average molecular weight is 564 g/mol. The van der Waals surface area contributed by atoms with Crippen LogP contribution in [0.2, 0.25) is 5.02 Å². The summed E-state index contributed by atoms with van der Waals surface area (Å²) in [5.74, 6) is -0.271. The predicted octanol–water partition coefficient (Wildman–Crippen LogP) is 4.33. The summed E-state index contributed by atoms with van der Waals surface area (Å²) >= 11 is 6.12. The highest BCUT2D eigenvalue weighted by atomic mass is 35.5. The molecule has 1 aromatic carbocycles. The van der Waals surface area contributed by atoms with Gasteiger partial charge < -0.3 is 14.6 Å². The van der Waals surface area contributed by atoms with E-state index in [-0.39, 0.29) is 35.2 Å². The van der Waals surface area contributed by atoms with Gasteiger partial charge >= 0.3 is 6.09 Å². The van der Waals surface area contributed by atoms with Gasteiger partial charge in [0.25, 0.3) is 0 Å². The van der Waals surface area contributed by atoms with Crippen LogP contribution in [0, 0.1) is 5.82 Å². The van der Waals surface area contributed by atoms with Crippen molar-refractivity contribution < 1.29 is 18.7 Å². The number of hydrogen-bond acceptors (Lipinski definition) is 8. The Morgan fingerprint density at radius 1 is 1.27 bits per heavy atom. The number of hydrogen-bond donors (Lipinski definition) is 2. The van der Waals surface area contributed by atoms with Gasteiger partial charge in [-0.25, -0.2) is 14.2 Å². The monoisotopic (exact) mass is 563 g/mol. The highest BCUT2D eigenvalue weighted by Crippen LogP contribution is 2.44. The summed E-state index contributed by atoms with van der Waals surface area (Å²) in [5.41, 5.74) is 2.90. The van der Waals surface area contributed by atoms with E-state index in [2.05, 4.69) is 35.8 Å². The van der Waals surface area contributed by atoms with Crippen molar-refractivity contribution in [2.75, 3.05) is 11.9 Å². The van der Waals surface area contributed by atoms with Crippen LogP contribution in [0.5, 0.6) is 0 Å². The van der Waals surface area contributed by atoms with Crippen molar-refractivity contribution in [3.05, 3.63) is 71.4 Å². The second-order valence-electron chi connectivity index (χ2n) is 9.32. The lowest BCUT2D eigenvalue weighted by molar-refractivity contribution is -0.129. The molecule has 1 fully saturated rings. The van der Waals surface area contributed by atoms with Crippen LogP contribution in [-0.2, 0) is 9.53 Å². The Morgan fingerprint density at radius 3 is 2.95 bits per heavy atom. The Morgan fingerprint density at radius 2 is 2.15 bits per heavy atom. The molecule has 1 unspecified atom stereocenters. The van der Waals surface area contributed by atoms with Crippen molar-refractivity contribution in [3.8, 4) is 16.9 Å². The molecule has 5 heterocycles. The lowest BCUT2D eigenvalue weighted by Crippen LogP contribution is -2.39. The number of halogens is 2. The highest BCUT2D eigenvalue weighted by molar-refractivity contribution is 6.31. The third kappa shape index (κ3) is 4.57. The van der Waals surface area contributed by atoms with Crippen LogP contribution >= 0.6 is 11.6 Å². The predicted molar refractivity (Wildman–Crippen MR) is 142 cm³/mol. The zero-order valence-electron chi connectivity index (χ0n) is 21.2. The standard InChI is InChI=1S/C26H23ClFN9O3/c1-2-40-26(39)33-18-7-8-29-11-16(18)19-12-30-25(32-19)21-5-3-15-9-14(10-22(38)37(15)21)23-20(36-13-31-34-35-36)6-4-17(27)24(23)28/h4,6-8,10-13,15,21H,2-3,5,9H2,1H3,(H,30,32)(H,29,33,39)/t15?,21-/m0/s1. The molecular formula is C26H23ClFN9O3. The molecule has 3 aromatic heterocycles. The van der Waals surface area contributed by atoms with Gasteiger partial charge in [0.2, 0.25) is 5.91 Å². The number of aromatic amines is 1. The summed E-state index contributed by atoms with van der Waals surface area (Å²) in [5, 5.41) is 13.8. The molecule has 0 bridgehead atoms. The molecule has 0 saturated carbocycles. The Kier molecular flexibility index (Phi) is 6.72. The summed E-state index contributed by atoms with van der Waals surface area (Å²) < 4.78 is 21.7. The number of aromatic nitrogens is 7. The first-order valence-corrected chi connectivity index (χ1v) is 13.0. The van der Waals surface area contributed by atoms with E-state index >= 15 is 4.39 Å². The quantitative estimate of drug-likeness (QED) is 0.353. The number of ether oxygens (including phenoxy) is 1. The number of rotatable bonds is 6. The van der Waals surface area contributed by atoms with Gasteiger partial charge in [0.1, 0.15) is 12.2 Å². The first-order valence-electron chi connectivity index (χ1n) is 12.6. The SMILES string of the molecule is CCOC(=O)Nc1ccncc1-c1cnc([C@@H]2CCC3CC(c4c(-n5cnnn5)ccc(Cl)c4F)=CC(=O)N32)[nH]1. The summed E-state index contributed by atoms with van der Waals surface area (Å²) in [6.45, 7) is 1.97. The number of nitrogens with one attached hydrogen (secondary N) is 2. The summed E-state index contributed by atoms with van der Waals surface area (Å²) in [4.78, 5) is 39.3. The molecule has 204 valence electrons. The molecule has 2 aliphatic heterocycles. The van der Waals surface area contributed by atoms with Gasteiger partial charge in [-0.3, -0.25) is 15.1 Å². The van der Waals surface area contributed by atoms with Crippen LogP contribution in [0.1, 0.15) is 43.6 Å². The van der Waals surface area contributed by atoms with E-state index in [0.29, 0.717) is 53.3 Å². The Bertz CT molecular complexity index is 1620. The summed E-state index contributed by atoms with van der Waals surface area (Å²) in [6.07, 6.45) is 8.85. The lowest BCUT2D eigenvalue weighted by atomic mass is 9.92. The average Bonchev–Trinajstić information content (AvgIpc) is 3.71. The van der Waals surface area contributed by atoms with E-state index in [0.717, 1.165) is 0 Å². The van der Waals surface area contributed by atoms with Crippen LogP contribution < -0.4 is 5.32 Å². The largest absolute Gasteiger partial charge is 0.450 e. The summed E-state index contributed by atoms with van der Waals surface area (Å²) in [6, 6.07) is 4.26. The number of carbonyl (C=O) groups is 2. The molecular weight excluding hydrogens is 541 g/mol. The number of pyridine rings is 1. The maximum atomic E-state index is 15.3. The van der Waals surface area contributed by atoms with E-state index in [1.807, 2.05) is 0 Å². The zero-order chi connectivity index (χ0) is 27.8. The molecule has 40 heavy (non-hydrogen) atoms. The molecule has 2 N–H and O–H groups in total. The van der Waals surface area contributed by atoms with Crippen molar-refractivity contribution in [2.24, 2.45) is 0 Å². The molecule has 1 saturated heterocycles. The van der Waals surface area contributed by atoms with E-state index in [4.69, 9.17) is 16.3 Å². The molecule has 2 aliphatic rings. The maximum Gasteiger partial charge on any atom is 0.411 e. The van der Waals surface area contributed by atoms with Gasteiger partial charge in [0.05, 0.1) is 40.9 Å². The molecule has 2 atom stereocenters. The normalized spacial score (nSPS) is 18.4. The molecule has 2 amide bonds. The minimum absolute atomic E-state index is 0.0535. The third-order valence-electron chi connectivity index (χ3n) is 7.03. The molecule has 6 rings (SSSR count).